The lowest BCUT2D eigenvalue weighted by atomic mass is 9.95. The quantitative estimate of drug-likeness (QED) is 0.615. The van der Waals surface area contributed by atoms with E-state index in [4.69, 9.17) is 4.74 Å². The van der Waals surface area contributed by atoms with Gasteiger partial charge < -0.3 is 4.74 Å². The predicted molar refractivity (Wildman–Crippen MR) is 99.8 cm³/mol. The van der Waals surface area contributed by atoms with Gasteiger partial charge in [-0.1, -0.05) is 22.0 Å². The minimum absolute atomic E-state index is 0.229. The van der Waals surface area contributed by atoms with Crippen LogP contribution >= 0.6 is 15.9 Å². The Morgan fingerprint density at radius 3 is 2.92 bits per heavy atom. The molecule has 3 aromatic rings. The number of pyridine rings is 1. The molecule has 2 aromatic heterocycles. The Morgan fingerprint density at radius 2 is 2.12 bits per heavy atom. The van der Waals surface area contributed by atoms with Crippen molar-refractivity contribution >= 4 is 15.9 Å². The zero-order chi connectivity index (χ0) is 17.9. The van der Waals surface area contributed by atoms with Crippen molar-refractivity contribution in [3.8, 4) is 5.69 Å². The SMILES string of the molecule is Cc1nnc2n1-c1ccc(Br)cc1C1(c3ccccn3)OCC(C)N1C2. The number of benzene rings is 1. The van der Waals surface area contributed by atoms with Gasteiger partial charge in [-0.05, 0) is 44.2 Å². The van der Waals surface area contributed by atoms with Crippen LogP contribution in [-0.2, 0) is 17.0 Å². The first kappa shape index (κ1) is 16.1. The van der Waals surface area contributed by atoms with E-state index < -0.39 is 5.72 Å². The van der Waals surface area contributed by atoms with Crippen molar-refractivity contribution in [2.45, 2.75) is 32.2 Å². The molecule has 1 fully saturated rings. The fourth-order valence-corrected chi connectivity index (χ4v) is 4.46. The molecule has 0 amide bonds. The molecule has 2 aliphatic heterocycles. The summed E-state index contributed by atoms with van der Waals surface area (Å²) >= 11 is 3.64. The first-order valence-electron chi connectivity index (χ1n) is 8.65. The molecule has 0 saturated carbocycles. The molecule has 0 radical (unpaired) electrons. The molecular weight excluding hydrogens is 394 g/mol. The minimum atomic E-state index is -0.743. The van der Waals surface area contributed by atoms with E-state index in [1.807, 2.05) is 37.4 Å². The smallest absolute Gasteiger partial charge is 0.193 e. The highest BCUT2D eigenvalue weighted by molar-refractivity contribution is 9.10. The fourth-order valence-electron chi connectivity index (χ4n) is 4.10. The largest absolute Gasteiger partial charge is 0.348 e. The van der Waals surface area contributed by atoms with Crippen LogP contribution < -0.4 is 0 Å². The number of fused-ring (bicyclic) bond motifs is 5. The number of hydrogen-bond acceptors (Lipinski definition) is 5. The van der Waals surface area contributed by atoms with Crippen LogP contribution in [0.15, 0.2) is 47.1 Å². The number of rotatable bonds is 1. The van der Waals surface area contributed by atoms with Crippen LogP contribution in [0, 0.1) is 6.92 Å². The molecule has 26 heavy (non-hydrogen) atoms. The normalized spacial score (nSPS) is 24.7. The van der Waals surface area contributed by atoms with Gasteiger partial charge in [-0.15, -0.1) is 10.2 Å². The summed E-state index contributed by atoms with van der Waals surface area (Å²) in [6.07, 6.45) is 1.82. The maximum atomic E-state index is 6.53. The summed E-state index contributed by atoms with van der Waals surface area (Å²) < 4.78 is 9.66. The summed E-state index contributed by atoms with van der Waals surface area (Å²) in [7, 11) is 0. The van der Waals surface area contributed by atoms with Crippen molar-refractivity contribution in [2.75, 3.05) is 6.61 Å². The predicted octanol–water partition coefficient (Wildman–Crippen LogP) is 3.17. The number of aryl methyl sites for hydroxylation is 1. The fraction of sp³-hybridized carbons (Fsp3) is 0.316. The van der Waals surface area contributed by atoms with Gasteiger partial charge in [0, 0.05) is 22.3 Å². The average molecular weight is 412 g/mol. The van der Waals surface area contributed by atoms with E-state index in [1.54, 1.807) is 0 Å². The standard InChI is InChI=1S/C19H18BrN5O/c1-12-11-26-19(17-5-3-4-8-21-17)15-9-14(20)6-7-16(15)25-13(2)22-23-18(25)10-24(12)19/h3-9,12H,10-11H2,1-2H3. The van der Waals surface area contributed by atoms with E-state index in [9.17, 15) is 0 Å². The van der Waals surface area contributed by atoms with E-state index in [0.717, 1.165) is 33.1 Å². The van der Waals surface area contributed by atoms with Gasteiger partial charge in [0.05, 0.1) is 24.5 Å². The molecule has 2 unspecified atom stereocenters. The molecular formula is C19H18BrN5O. The van der Waals surface area contributed by atoms with Gasteiger partial charge in [-0.25, -0.2) is 0 Å². The molecule has 2 atom stereocenters. The van der Waals surface area contributed by atoms with Gasteiger partial charge in [0.1, 0.15) is 5.82 Å². The second-order valence-corrected chi connectivity index (χ2v) is 7.72. The van der Waals surface area contributed by atoms with Gasteiger partial charge in [0.25, 0.3) is 0 Å². The Labute approximate surface area is 160 Å². The van der Waals surface area contributed by atoms with Crippen LogP contribution in [-0.4, -0.2) is 37.3 Å². The van der Waals surface area contributed by atoms with Crippen LogP contribution in [0.1, 0.15) is 29.8 Å². The van der Waals surface area contributed by atoms with Gasteiger partial charge in [0.15, 0.2) is 11.5 Å². The molecule has 0 aliphatic carbocycles. The summed E-state index contributed by atoms with van der Waals surface area (Å²) in [5.74, 6) is 1.79. The molecule has 1 saturated heterocycles. The zero-order valence-electron chi connectivity index (χ0n) is 14.6. The van der Waals surface area contributed by atoms with E-state index in [2.05, 4.69) is 59.6 Å². The average Bonchev–Trinajstić information content (AvgIpc) is 3.14. The lowest BCUT2D eigenvalue weighted by Gasteiger charge is -2.37. The van der Waals surface area contributed by atoms with Crippen molar-refractivity contribution in [2.24, 2.45) is 0 Å². The Bertz CT molecular complexity index is 989. The van der Waals surface area contributed by atoms with Gasteiger partial charge in [-0.2, -0.15) is 0 Å². The topological polar surface area (TPSA) is 56.1 Å². The minimum Gasteiger partial charge on any atom is -0.348 e. The third-order valence-electron chi connectivity index (χ3n) is 5.25. The number of ether oxygens (including phenoxy) is 1. The van der Waals surface area contributed by atoms with E-state index in [-0.39, 0.29) is 6.04 Å². The third-order valence-corrected chi connectivity index (χ3v) is 5.74. The van der Waals surface area contributed by atoms with Crippen LogP contribution in [0.5, 0.6) is 0 Å². The van der Waals surface area contributed by atoms with Crippen molar-refractivity contribution in [3.63, 3.8) is 0 Å². The Kier molecular flexibility index (Phi) is 3.53. The monoisotopic (exact) mass is 411 g/mol. The number of aromatic nitrogens is 4. The molecule has 7 heteroatoms. The Hall–Kier alpha value is -2.09. The first-order chi connectivity index (χ1) is 12.6. The highest BCUT2D eigenvalue weighted by Gasteiger charge is 2.53. The second kappa shape index (κ2) is 5.70. The molecule has 6 nitrogen and oxygen atoms in total. The zero-order valence-corrected chi connectivity index (χ0v) is 16.1. The first-order valence-corrected chi connectivity index (χ1v) is 9.44. The molecule has 4 heterocycles. The molecule has 2 aliphatic rings. The van der Waals surface area contributed by atoms with E-state index in [1.165, 1.54) is 0 Å². The van der Waals surface area contributed by atoms with Crippen molar-refractivity contribution in [3.05, 3.63) is 70.0 Å². The van der Waals surface area contributed by atoms with Gasteiger partial charge in [0.2, 0.25) is 0 Å². The van der Waals surface area contributed by atoms with Crippen LogP contribution in [0.25, 0.3) is 5.69 Å². The van der Waals surface area contributed by atoms with Gasteiger partial charge in [-0.3, -0.25) is 14.5 Å². The molecule has 132 valence electrons. The van der Waals surface area contributed by atoms with Crippen molar-refractivity contribution in [1.29, 1.82) is 0 Å². The summed E-state index contributed by atoms with van der Waals surface area (Å²) in [6, 6.07) is 12.5. The highest BCUT2D eigenvalue weighted by atomic mass is 79.9. The van der Waals surface area contributed by atoms with Crippen LogP contribution in [0.4, 0.5) is 0 Å². The highest BCUT2D eigenvalue weighted by Crippen LogP contribution is 2.47. The Balaban J connectivity index is 1.89. The third kappa shape index (κ3) is 2.08. The molecule has 0 spiro atoms. The number of halogens is 1. The lowest BCUT2D eigenvalue weighted by molar-refractivity contribution is -0.0619. The van der Waals surface area contributed by atoms with Crippen molar-refractivity contribution in [1.82, 2.24) is 24.6 Å². The molecule has 0 bridgehead atoms. The molecule has 0 N–H and O–H groups in total. The lowest BCUT2D eigenvalue weighted by Crippen LogP contribution is -2.45. The van der Waals surface area contributed by atoms with E-state index >= 15 is 0 Å². The van der Waals surface area contributed by atoms with E-state index in [0.29, 0.717) is 13.2 Å². The number of nitrogens with zero attached hydrogens (tertiary/aromatic N) is 5. The number of hydrogen-bond donors (Lipinski definition) is 0. The maximum absolute atomic E-state index is 6.53. The summed E-state index contributed by atoms with van der Waals surface area (Å²) in [4.78, 5) is 7.02. The van der Waals surface area contributed by atoms with Crippen LogP contribution in [0.3, 0.4) is 0 Å². The second-order valence-electron chi connectivity index (χ2n) is 6.81. The Morgan fingerprint density at radius 1 is 1.23 bits per heavy atom. The van der Waals surface area contributed by atoms with Crippen molar-refractivity contribution < 1.29 is 4.74 Å². The van der Waals surface area contributed by atoms with Gasteiger partial charge >= 0.3 is 0 Å². The molecule has 5 rings (SSSR count). The van der Waals surface area contributed by atoms with Crippen LogP contribution in [0.2, 0.25) is 0 Å². The maximum Gasteiger partial charge on any atom is 0.193 e. The summed E-state index contributed by atoms with van der Waals surface area (Å²) in [5, 5.41) is 8.75. The molecule has 1 aromatic carbocycles. The summed E-state index contributed by atoms with van der Waals surface area (Å²) in [5.41, 5.74) is 2.23. The summed E-state index contributed by atoms with van der Waals surface area (Å²) in [6.45, 7) is 5.44.